The van der Waals surface area contributed by atoms with Gasteiger partial charge in [0, 0.05) is 17.1 Å². The summed E-state index contributed by atoms with van der Waals surface area (Å²) in [6.07, 6.45) is 0. The second-order valence-corrected chi connectivity index (χ2v) is 8.73. The van der Waals surface area contributed by atoms with Crippen LogP contribution in [0.1, 0.15) is 0 Å². The van der Waals surface area contributed by atoms with Gasteiger partial charge >= 0.3 is 5.24 Å². The third-order valence-corrected chi connectivity index (χ3v) is 5.93. The minimum absolute atomic E-state index is 0.00365. The molecular weight excluding hydrogens is 394 g/mol. The molecule has 1 amide bonds. The number of benzene rings is 2. The highest BCUT2D eigenvalue weighted by molar-refractivity contribution is 8.14. The van der Waals surface area contributed by atoms with Crippen molar-refractivity contribution in [3.63, 3.8) is 0 Å². The summed E-state index contributed by atoms with van der Waals surface area (Å²) in [5, 5.41) is 18.8. The van der Waals surface area contributed by atoms with Crippen molar-refractivity contribution in [3.8, 4) is 5.88 Å². The average molecular weight is 413 g/mol. The number of hydrogen-bond acceptors (Lipinski definition) is 6. The molecule has 0 spiro atoms. The number of nitrogens with zero attached hydrogens (tertiary/aromatic N) is 4. The fraction of sp³-hybridized carbons (Fsp3) is 0.158. The molecule has 2 aromatic heterocycles. The predicted octanol–water partition coefficient (Wildman–Crippen LogP) is 4.05. The molecule has 0 atom stereocenters. The summed E-state index contributed by atoms with van der Waals surface area (Å²) < 4.78 is 3.40. The van der Waals surface area contributed by atoms with Crippen molar-refractivity contribution in [3.05, 3.63) is 48.5 Å². The molecule has 0 fully saturated rings. The summed E-state index contributed by atoms with van der Waals surface area (Å²) in [4.78, 5) is 17.8. The topological polar surface area (TPSA) is 84.3 Å². The first-order valence-corrected chi connectivity index (χ1v) is 10.2. The van der Waals surface area contributed by atoms with E-state index in [1.165, 1.54) is 11.3 Å². The maximum absolute atomic E-state index is 12.3. The smallest absolute Gasteiger partial charge is 0.330 e. The number of nitrogens with one attached hydrogen (secondary N) is 1. The number of carbonyl (C=O) groups is 1. The van der Waals surface area contributed by atoms with Crippen LogP contribution < -0.4 is 4.90 Å². The fourth-order valence-electron chi connectivity index (χ4n) is 2.93. The molecule has 28 heavy (non-hydrogen) atoms. The molecule has 0 saturated heterocycles. The van der Waals surface area contributed by atoms with E-state index in [1.54, 1.807) is 4.57 Å². The number of aromatic nitrogens is 2. The SMILES string of the molecule is C[NH+](C)Cn1c(O)c(N=NC(=O)Sc2nc3ccccc3s2)c2ccccc21. The van der Waals surface area contributed by atoms with Crippen molar-refractivity contribution < 1.29 is 14.8 Å². The maximum Gasteiger partial charge on any atom is 0.330 e. The number of azo groups is 1. The van der Waals surface area contributed by atoms with Crippen molar-refractivity contribution in [1.29, 1.82) is 0 Å². The first-order chi connectivity index (χ1) is 13.5. The molecule has 0 unspecified atom stereocenters. The van der Waals surface area contributed by atoms with Gasteiger partial charge in [-0.25, -0.2) is 4.98 Å². The van der Waals surface area contributed by atoms with Crippen LogP contribution in [-0.4, -0.2) is 34.0 Å². The Morgan fingerprint density at radius 1 is 1.21 bits per heavy atom. The van der Waals surface area contributed by atoms with Gasteiger partial charge < -0.3 is 10.0 Å². The third-order valence-electron chi connectivity index (χ3n) is 4.07. The van der Waals surface area contributed by atoms with Gasteiger partial charge in [-0.15, -0.1) is 16.5 Å². The van der Waals surface area contributed by atoms with Gasteiger partial charge in [-0.05, 0) is 18.2 Å². The highest BCUT2D eigenvalue weighted by Crippen LogP contribution is 2.39. The van der Waals surface area contributed by atoms with Crippen molar-refractivity contribution in [2.75, 3.05) is 14.1 Å². The molecule has 2 aromatic carbocycles. The third kappa shape index (κ3) is 3.64. The number of rotatable bonds is 4. The van der Waals surface area contributed by atoms with Gasteiger partial charge in [0.1, 0.15) is 0 Å². The van der Waals surface area contributed by atoms with E-state index in [9.17, 15) is 9.90 Å². The number of quaternary nitrogens is 1. The van der Waals surface area contributed by atoms with E-state index in [1.807, 2.05) is 62.6 Å². The Balaban J connectivity index is 1.61. The lowest BCUT2D eigenvalue weighted by atomic mass is 10.2. The largest absolute Gasteiger partial charge is 0.493 e. The second-order valence-electron chi connectivity index (χ2n) is 6.50. The zero-order valence-electron chi connectivity index (χ0n) is 15.3. The molecule has 2 heterocycles. The molecule has 0 aliphatic heterocycles. The maximum atomic E-state index is 12.3. The minimum Gasteiger partial charge on any atom is -0.493 e. The van der Waals surface area contributed by atoms with Crippen LogP contribution in [0.4, 0.5) is 10.5 Å². The van der Waals surface area contributed by atoms with E-state index in [-0.39, 0.29) is 5.88 Å². The molecule has 0 bridgehead atoms. The van der Waals surface area contributed by atoms with Gasteiger partial charge in [-0.1, -0.05) is 35.4 Å². The van der Waals surface area contributed by atoms with Crippen molar-refractivity contribution in [2.45, 2.75) is 11.0 Å². The van der Waals surface area contributed by atoms with E-state index in [4.69, 9.17) is 0 Å². The number of thioether (sulfide) groups is 1. The van der Waals surface area contributed by atoms with Gasteiger partial charge in [-0.3, -0.25) is 9.36 Å². The second kappa shape index (κ2) is 7.70. The number of para-hydroxylation sites is 2. The van der Waals surface area contributed by atoms with E-state index in [2.05, 4.69) is 15.2 Å². The monoisotopic (exact) mass is 412 g/mol. The molecule has 0 radical (unpaired) electrons. The molecule has 9 heteroatoms. The van der Waals surface area contributed by atoms with E-state index in [0.717, 1.165) is 37.8 Å². The highest BCUT2D eigenvalue weighted by Gasteiger charge is 2.18. The summed E-state index contributed by atoms with van der Waals surface area (Å²) in [6, 6.07) is 15.2. The van der Waals surface area contributed by atoms with E-state index < -0.39 is 5.24 Å². The van der Waals surface area contributed by atoms with Crippen molar-refractivity contribution >= 4 is 55.1 Å². The van der Waals surface area contributed by atoms with Crippen molar-refractivity contribution in [1.82, 2.24) is 9.55 Å². The highest BCUT2D eigenvalue weighted by atomic mass is 32.2. The first kappa shape index (κ1) is 18.6. The van der Waals surface area contributed by atoms with Gasteiger partial charge in [0.2, 0.25) is 5.88 Å². The quantitative estimate of drug-likeness (QED) is 0.391. The lowest BCUT2D eigenvalue weighted by molar-refractivity contribution is -0.882. The number of carbonyl (C=O) groups excluding carboxylic acids is 1. The van der Waals surface area contributed by atoms with Crippen LogP contribution in [-0.2, 0) is 6.67 Å². The molecule has 0 saturated carbocycles. The van der Waals surface area contributed by atoms with E-state index >= 15 is 0 Å². The number of fused-ring (bicyclic) bond motifs is 2. The Morgan fingerprint density at radius 3 is 2.75 bits per heavy atom. The molecule has 4 rings (SSSR count). The van der Waals surface area contributed by atoms with E-state index in [0.29, 0.717) is 16.7 Å². The van der Waals surface area contributed by atoms with Crippen LogP contribution in [0, 0.1) is 0 Å². The molecule has 7 nitrogen and oxygen atoms in total. The van der Waals surface area contributed by atoms with Gasteiger partial charge in [0.15, 0.2) is 16.7 Å². The fourth-order valence-corrected chi connectivity index (χ4v) is 4.65. The van der Waals surface area contributed by atoms with Gasteiger partial charge in [0.05, 0.1) is 29.8 Å². The van der Waals surface area contributed by atoms with Crippen LogP contribution >= 0.6 is 23.1 Å². The average Bonchev–Trinajstić information content (AvgIpc) is 3.19. The molecule has 2 N–H and O–H groups in total. The summed E-state index contributed by atoms with van der Waals surface area (Å²) >= 11 is 2.37. The Morgan fingerprint density at radius 2 is 1.96 bits per heavy atom. The Labute approximate surface area is 169 Å². The summed E-state index contributed by atoms with van der Waals surface area (Å²) in [5.41, 5.74) is 2.00. The first-order valence-electron chi connectivity index (χ1n) is 8.61. The van der Waals surface area contributed by atoms with Gasteiger partial charge in [0.25, 0.3) is 0 Å². The van der Waals surface area contributed by atoms with Crippen LogP contribution in [0.25, 0.3) is 21.1 Å². The lowest BCUT2D eigenvalue weighted by Crippen LogP contribution is -3.04. The molecular formula is C19H18N5O2S2+. The lowest BCUT2D eigenvalue weighted by Gasteiger charge is -2.10. The molecule has 0 aliphatic carbocycles. The van der Waals surface area contributed by atoms with Crippen LogP contribution in [0.15, 0.2) is 63.1 Å². The number of hydrogen-bond donors (Lipinski definition) is 2. The summed E-state index contributed by atoms with van der Waals surface area (Å²) in [5.74, 6) is 0.00365. The Kier molecular flexibility index (Phi) is 5.12. The standard InChI is InChI=1S/C19H17N5O2S2/c1-23(2)11-24-14-9-5-3-7-12(14)16(17(24)25)21-22-18(26)28-19-20-13-8-4-6-10-15(13)27-19/h3-10,25H,11H2,1-2H3/p+1. The normalized spacial score (nSPS) is 12.0. The summed E-state index contributed by atoms with van der Waals surface area (Å²) in [6.45, 7) is 0.566. The number of thiazole rings is 1. The van der Waals surface area contributed by atoms with Crippen molar-refractivity contribution in [2.24, 2.45) is 10.2 Å². The summed E-state index contributed by atoms with van der Waals surface area (Å²) in [7, 11) is 3.99. The Bertz CT molecular complexity index is 1160. The minimum atomic E-state index is -0.478. The van der Waals surface area contributed by atoms with Crippen LogP contribution in [0.5, 0.6) is 5.88 Å². The number of amides is 1. The Hall–Kier alpha value is -2.75. The molecule has 4 aromatic rings. The van der Waals surface area contributed by atoms with Crippen LogP contribution in [0.3, 0.4) is 0 Å². The molecule has 0 aliphatic rings. The van der Waals surface area contributed by atoms with Gasteiger partial charge in [-0.2, -0.15) is 0 Å². The zero-order chi connectivity index (χ0) is 19.7. The molecule has 142 valence electrons. The number of aromatic hydroxyl groups is 1. The predicted molar refractivity (Wildman–Crippen MR) is 112 cm³/mol. The zero-order valence-corrected chi connectivity index (χ0v) is 16.9. The van der Waals surface area contributed by atoms with Crippen LogP contribution in [0.2, 0.25) is 0 Å².